The molecule has 0 aliphatic rings. The van der Waals surface area contributed by atoms with Gasteiger partial charge in [0.15, 0.2) is 0 Å². The Balaban J connectivity index is 1.83. The van der Waals surface area contributed by atoms with Gasteiger partial charge in [-0.05, 0) is 54.6 Å². The van der Waals surface area contributed by atoms with Crippen LogP contribution in [0.25, 0.3) is 0 Å². The van der Waals surface area contributed by atoms with Gasteiger partial charge in [-0.2, -0.15) is 0 Å². The maximum atomic E-state index is 12.9. The molecule has 3 rings (SSSR count). The lowest BCUT2D eigenvalue weighted by Crippen LogP contribution is -2.26. The molecule has 1 amide bonds. The largest absolute Gasteiger partial charge is 0.497 e. The lowest BCUT2D eigenvalue weighted by atomic mass is 10.2. The van der Waals surface area contributed by atoms with Crippen LogP contribution in [0, 0.1) is 0 Å². The third kappa shape index (κ3) is 4.52. The molecule has 0 bridgehead atoms. The number of benzene rings is 3. The van der Waals surface area contributed by atoms with E-state index in [0.717, 1.165) is 4.31 Å². The van der Waals surface area contributed by atoms with E-state index in [0.29, 0.717) is 17.1 Å². The fourth-order valence-electron chi connectivity index (χ4n) is 2.65. The molecule has 1 N–H and O–H groups in total. The van der Waals surface area contributed by atoms with Crippen molar-refractivity contribution in [3.63, 3.8) is 0 Å². The maximum absolute atomic E-state index is 12.9. The van der Waals surface area contributed by atoms with Crippen LogP contribution in [0.4, 0.5) is 11.4 Å². The Morgan fingerprint density at radius 1 is 1.00 bits per heavy atom. The second-order valence-corrected chi connectivity index (χ2v) is 8.51. The third-order valence-electron chi connectivity index (χ3n) is 4.31. The van der Waals surface area contributed by atoms with Crippen LogP contribution in [0.5, 0.6) is 5.75 Å². The molecule has 0 saturated heterocycles. The molecule has 0 saturated carbocycles. The zero-order valence-corrected chi connectivity index (χ0v) is 17.4. The molecule has 3 aromatic carbocycles. The predicted molar refractivity (Wildman–Crippen MR) is 114 cm³/mol. The molecular formula is C21H19ClN2O4S. The molecule has 150 valence electrons. The van der Waals surface area contributed by atoms with E-state index in [1.807, 2.05) is 6.07 Å². The van der Waals surface area contributed by atoms with Gasteiger partial charge in [0.25, 0.3) is 15.9 Å². The van der Waals surface area contributed by atoms with E-state index < -0.39 is 10.0 Å². The number of rotatable bonds is 6. The van der Waals surface area contributed by atoms with Gasteiger partial charge < -0.3 is 10.1 Å². The summed E-state index contributed by atoms with van der Waals surface area (Å²) in [6.07, 6.45) is 0. The molecule has 8 heteroatoms. The van der Waals surface area contributed by atoms with Crippen LogP contribution in [0.15, 0.2) is 77.7 Å². The minimum atomic E-state index is -3.80. The van der Waals surface area contributed by atoms with Crippen molar-refractivity contribution in [2.75, 3.05) is 23.8 Å². The number of carbonyl (C=O) groups excluding carboxylic acids is 1. The van der Waals surface area contributed by atoms with Gasteiger partial charge in [-0.1, -0.05) is 29.8 Å². The first-order valence-electron chi connectivity index (χ1n) is 8.62. The minimum Gasteiger partial charge on any atom is -0.497 e. The van der Waals surface area contributed by atoms with E-state index in [-0.39, 0.29) is 21.4 Å². The average Bonchev–Trinajstić information content (AvgIpc) is 2.73. The molecule has 0 spiro atoms. The first-order chi connectivity index (χ1) is 13.8. The number of sulfonamides is 1. The van der Waals surface area contributed by atoms with Crippen molar-refractivity contribution in [3.05, 3.63) is 83.4 Å². The summed E-state index contributed by atoms with van der Waals surface area (Å²) in [6.45, 7) is 0. The number of nitrogens with one attached hydrogen (secondary N) is 1. The normalized spacial score (nSPS) is 11.0. The summed E-state index contributed by atoms with van der Waals surface area (Å²) in [5, 5.41) is 2.89. The number of methoxy groups -OCH3 is 1. The van der Waals surface area contributed by atoms with Crippen LogP contribution in [0.2, 0.25) is 5.02 Å². The van der Waals surface area contributed by atoms with E-state index in [1.54, 1.807) is 36.4 Å². The van der Waals surface area contributed by atoms with Crippen molar-refractivity contribution >= 4 is 38.9 Å². The first kappa shape index (κ1) is 20.7. The van der Waals surface area contributed by atoms with E-state index in [4.69, 9.17) is 16.3 Å². The van der Waals surface area contributed by atoms with Gasteiger partial charge in [-0.3, -0.25) is 9.10 Å². The minimum absolute atomic E-state index is 0.114. The highest BCUT2D eigenvalue weighted by Gasteiger charge is 2.22. The molecule has 0 atom stereocenters. The molecule has 3 aromatic rings. The fourth-order valence-corrected chi connectivity index (χ4v) is 4.10. The van der Waals surface area contributed by atoms with Crippen LogP contribution >= 0.6 is 11.6 Å². The number of para-hydroxylation sites is 1. The number of hydrogen-bond donors (Lipinski definition) is 1. The van der Waals surface area contributed by atoms with Crippen LogP contribution in [-0.4, -0.2) is 28.5 Å². The Labute approximate surface area is 174 Å². The van der Waals surface area contributed by atoms with Crippen molar-refractivity contribution in [1.82, 2.24) is 0 Å². The van der Waals surface area contributed by atoms with Gasteiger partial charge in [0.05, 0.1) is 28.3 Å². The Morgan fingerprint density at radius 2 is 1.66 bits per heavy atom. The molecule has 29 heavy (non-hydrogen) atoms. The van der Waals surface area contributed by atoms with E-state index >= 15 is 0 Å². The van der Waals surface area contributed by atoms with Crippen molar-refractivity contribution in [3.8, 4) is 5.75 Å². The Morgan fingerprint density at radius 3 is 2.24 bits per heavy atom. The highest BCUT2D eigenvalue weighted by molar-refractivity contribution is 7.92. The van der Waals surface area contributed by atoms with Crippen LogP contribution in [0.3, 0.4) is 0 Å². The molecule has 6 nitrogen and oxygen atoms in total. The van der Waals surface area contributed by atoms with E-state index in [2.05, 4.69) is 5.32 Å². The van der Waals surface area contributed by atoms with Crippen molar-refractivity contribution in [2.45, 2.75) is 4.90 Å². The number of ether oxygens (including phenoxy) is 1. The molecule has 0 heterocycles. The lowest BCUT2D eigenvalue weighted by Gasteiger charge is -2.20. The molecule has 0 fully saturated rings. The molecule has 0 unspecified atom stereocenters. The van der Waals surface area contributed by atoms with Crippen LogP contribution < -0.4 is 14.4 Å². The summed E-state index contributed by atoms with van der Waals surface area (Å²) in [7, 11) is -0.864. The van der Waals surface area contributed by atoms with Gasteiger partial charge in [-0.15, -0.1) is 0 Å². The number of nitrogens with zero attached hydrogens (tertiary/aromatic N) is 1. The molecule has 0 radical (unpaired) electrons. The summed E-state index contributed by atoms with van der Waals surface area (Å²) in [6, 6.07) is 19.5. The molecular weight excluding hydrogens is 412 g/mol. The third-order valence-corrected chi connectivity index (χ3v) is 6.42. The summed E-state index contributed by atoms with van der Waals surface area (Å²) in [5.41, 5.74) is 1.22. The van der Waals surface area contributed by atoms with Gasteiger partial charge >= 0.3 is 0 Å². The monoisotopic (exact) mass is 430 g/mol. The quantitative estimate of drug-likeness (QED) is 0.627. The number of halogens is 1. The van der Waals surface area contributed by atoms with Crippen molar-refractivity contribution < 1.29 is 17.9 Å². The zero-order valence-electron chi connectivity index (χ0n) is 15.8. The standard InChI is InChI=1S/C21H19ClN2O4S/c1-24(29(26,27)18-11-9-17(28-2)10-12-18)16-8-13-19(20(22)14-16)21(25)23-15-6-4-3-5-7-15/h3-14H,1-2H3,(H,23,25). The number of anilines is 2. The number of carbonyl (C=O) groups is 1. The van der Waals surface area contributed by atoms with E-state index in [9.17, 15) is 13.2 Å². The topological polar surface area (TPSA) is 75.7 Å². The number of amides is 1. The average molecular weight is 431 g/mol. The maximum Gasteiger partial charge on any atom is 0.264 e. The first-order valence-corrected chi connectivity index (χ1v) is 10.4. The Bertz CT molecular complexity index is 1120. The Kier molecular flexibility index (Phi) is 6.10. The molecule has 0 aromatic heterocycles. The van der Waals surface area contributed by atoms with Gasteiger partial charge in [0.2, 0.25) is 0 Å². The van der Waals surface area contributed by atoms with Crippen molar-refractivity contribution in [2.24, 2.45) is 0 Å². The van der Waals surface area contributed by atoms with Crippen LogP contribution in [0.1, 0.15) is 10.4 Å². The van der Waals surface area contributed by atoms with Gasteiger partial charge in [0.1, 0.15) is 5.75 Å². The summed E-state index contributed by atoms with van der Waals surface area (Å²) < 4.78 is 31.9. The summed E-state index contributed by atoms with van der Waals surface area (Å²) in [5.74, 6) is 0.178. The van der Waals surface area contributed by atoms with Crippen molar-refractivity contribution in [1.29, 1.82) is 0 Å². The highest BCUT2D eigenvalue weighted by atomic mass is 35.5. The lowest BCUT2D eigenvalue weighted by molar-refractivity contribution is 0.102. The van der Waals surface area contributed by atoms with Gasteiger partial charge in [0, 0.05) is 12.7 Å². The fraction of sp³-hybridized carbons (Fsp3) is 0.0952. The smallest absolute Gasteiger partial charge is 0.264 e. The zero-order chi connectivity index (χ0) is 21.0. The summed E-state index contributed by atoms with van der Waals surface area (Å²) >= 11 is 6.27. The summed E-state index contributed by atoms with van der Waals surface area (Å²) in [4.78, 5) is 12.6. The van der Waals surface area contributed by atoms with E-state index in [1.165, 1.54) is 44.5 Å². The second kappa shape index (κ2) is 8.55. The molecule has 0 aliphatic carbocycles. The van der Waals surface area contributed by atoms with Crippen LogP contribution in [-0.2, 0) is 10.0 Å². The highest BCUT2D eigenvalue weighted by Crippen LogP contribution is 2.28. The molecule has 0 aliphatic heterocycles. The van der Waals surface area contributed by atoms with Gasteiger partial charge in [-0.25, -0.2) is 8.42 Å². The Hall–Kier alpha value is -3.03. The second-order valence-electron chi connectivity index (χ2n) is 6.13. The number of hydrogen-bond acceptors (Lipinski definition) is 4. The predicted octanol–water partition coefficient (Wildman–Crippen LogP) is 4.43. The SMILES string of the molecule is COc1ccc(S(=O)(=O)N(C)c2ccc(C(=O)Nc3ccccc3)c(Cl)c2)cc1.